The molecule has 0 spiro atoms. The molecular weight excluding hydrogens is 258 g/mol. The van der Waals surface area contributed by atoms with E-state index in [1.54, 1.807) is 36.5 Å². The highest BCUT2D eigenvalue weighted by atomic mass is 16.5. The number of aromatic nitrogens is 3. The SMILES string of the molecule is Oc1ccc(Cc2noc(-c3ccncc3O)n2)cc1. The van der Waals surface area contributed by atoms with Gasteiger partial charge in [-0.25, -0.2) is 0 Å². The number of phenolic OH excluding ortho intramolecular Hbond substituents is 1. The fourth-order valence-corrected chi connectivity index (χ4v) is 1.80. The number of aromatic hydroxyl groups is 2. The Morgan fingerprint density at radius 2 is 1.85 bits per heavy atom. The molecule has 2 aromatic heterocycles. The van der Waals surface area contributed by atoms with Crippen molar-refractivity contribution in [2.24, 2.45) is 0 Å². The molecule has 0 fully saturated rings. The molecular formula is C14H11N3O3. The Morgan fingerprint density at radius 3 is 2.60 bits per heavy atom. The first-order valence-corrected chi connectivity index (χ1v) is 5.96. The van der Waals surface area contributed by atoms with Gasteiger partial charge >= 0.3 is 0 Å². The summed E-state index contributed by atoms with van der Waals surface area (Å²) in [7, 11) is 0. The van der Waals surface area contributed by atoms with E-state index < -0.39 is 0 Å². The van der Waals surface area contributed by atoms with Crippen LogP contribution in [0, 0.1) is 0 Å². The van der Waals surface area contributed by atoms with Crippen LogP contribution in [-0.4, -0.2) is 25.3 Å². The molecule has 2 N–H and O–H groups in total. The summed E-state index contributed by atoms with van der Waals surface area (Å²) in [5.41, 5.74) is 1.40. The van der Waals surface area contributed by atoms with E-state index in [-0.39, 0.29) is 17.4 Å². The van der Waals surface area contributed by atoms with Crippen LogP contribution in [0.4, 0.5) is 0 Å². The van der Waals surface area contributed by atoms with Crippen LogP contribution in [0.1, 0.15) is 11.4 Å². The molecule has 0 radical (unpaired) electrons. The number of pyridine rings is 1. The normalized spacial score (nSPS) is 10.6. The van der Waals surface area contributed by atoms with Crippen molar-refractivity contribution in [2.75, 3.05) is 0 Å². The molecule has 6 heteroatoms. The standard InChI is InChI=1S/C14H11N3O3/c18-10-3-1-9(2-4-10)7-13-16-14(20-17-13)11-5-6-15-8-12(11)19/h1-6,8,18-19H,7H2. The molecule has 0 saturated carbocycles. The fourth-order valence-electron chi connectivity index (χ4n) is 1.80. The third kappa shape index (κ3) is 2.44. The van der Waals surface area contributed by atoms with Gasteiger partial charge in [0.25, 0.3) is 5.89 Å². The third-order valence-corrected chi connectivity index (χ3v) is 2.80. The molecule has 6 nitrogen and oxygen atoms in total. The van der Waals surface area contributed by atoms with Gasteiger partial charge in [0.2, 0.25) is 0 Å². The van der Waals surface area contributed by atoms with E-state index in [1.165, 1.54) is 6.20 Å². The second-order valence-electron chi connectivity index (χ2n) is 4.25. The number of benzene rings is 1. The van der Waals surface area contributed by atoms with Crippen LogP contribution in [-0.2, 0) is 6.42 Å². The zero-order chi connectivity index (χ0) is 13.9. The van der Waals surface area contributed by atoms with Crippen LogP contribution in [0.2, 0.25) is 0 Å². The van der Waals surface area contributed by atoms with Crippen LogP contribution in [0.25, 0.3) is 11.5 Å². The smallest absolute Gasteiger partial charge is 0.261 e. The maximum absolute atomic E-state index is 9.68. The van der Waals surface area contributed by atoms with Gasteiger partial charge in [0, 0.05) is 12.6 Å². The molecule has 0 aliphatic rings. The largest absolute Gasteiger partial charge is 0.508 e. The van der Waals surface area contributed by atoms with Crippen molar-refractivity contribution in [2.45, 2.75) is 6.42 Å². The second-order valence-corrected chi connectivity index (χ2v) is 4.25. The van der Waals surface area contributed by atoms with Gasteiger partial charge in [-0.05, 0) is 23.8 Å². The van der Waals surface area contributed by atoms with Gasteiger partial charge in [0.05, 0.1) is 11.8 Å². The zero-order valence-electron chi connectivity index (χ0n) is 10.4. The van der Waals surface area contributed by atoms with E-state index >= 15 is 0 Å². The number of rotatable bonds is 3. The fraction of sp³-hybridized carbons (Fsp3) is 0.0714. The highest BCUT2D eigenvalue weighted by molar-refractivity contribution is 5.60. The van der Waals surface area contributed by atoms with Gasteiger partial charge in [0.15, 0.2) is 5.82 Å². The highest BCUT2D eigenvalue weighted by Gasteiger charge is 2.12. The molecule has 3 aromatic rings. The molecule has 0 saturated heterocycles. The van der Waals surface area contributed by atoms with Crippen molar-refractivity contribution in [1.29, 1.82) is 0 Å². The molecule has 0 aliphatic carbocycles. The van der Waals surface area contributed by atoms with Crippen molar-refractivity contribution in [3.63, 3.8) is 0 Å². The Hall–Kier alpha value is -2.89. The lowest BCUT2D eigenvalue weighted by Crippen LogP contribution is -1.90. The average Bonchev–Trinajstić information content (AvgIpc) is 2.90. The number of hydrogen-bond donors (Lipinski definition) is 2. The lowest BCUT2D eigenvalue weighted by Gasteiger charge is -1.97. The molecule has 20 heavy (non-hydrogen) atoms. The Labute approximate surface area is 114 Å². The summed E-state index contributed by atoms with van der Waals surface area (Å²) in [6, 6.07) is 8.38. The summed E-state index contributed by atoms with van der Waals surface area (Å²) < 4.78 is 5.13. The van der Waals surface area contributed by atoms with Gasteiger partial charge < -0.3 is 14.7 Å². The maximum atomic E-state index is 9.68. The van der Waals surface area contributed by atoms with Crippen LogP contribution in [0.15, 0.2) is 47.2 Å². The molecule has 3 rings (SSSR count). The Kier molecular flexibility index (Phi) is 3.04. The zero-order valence-corrected chi connectivity index (χ0v) is 10.4. The van der Waals surface area contributed by atoms with E-state index in [2.05, 4.69) is 15.1 Å². The first-order chi connectivity index (χ1) is 9.72. The lowest BCUT2D eigenvalue weighted by atomic mass is 10.1. The molecule has 100 valence electrons. The van der Waals surface area contributed by atoms with Crippen molar-refractivity contribution < 1.29 is 14.7 Å². The summed E-state index contributed by atoms with van der Waals surface area (Å²) in [4.78, 5) is 8.02. The van der Waals surface area contributed by atoms with Crippen LogP contribution in [0.3, 0.4) is 0 Å². The van der Waals surface area contributed by atoms with Crippen molar-refractivity contribution in [3.8, 4) is 23.0 Å². The summed E-state index contributed by atoms with van der Waals surface area (Å²) >= 11 is 0. The number of phenols is 1. The van der Waals surface area contributed by atoms with Crippen LogP contribution < -0.4 is 0 Å². The minimum Gasteiger partial charge on any atom is -0.508 e. The summed E-state index contributed by atoms with van der Waals surface area (Å²) in [6.07, 6.45) is 3.34. The minimum atomic E-state index is -0.00710. The summed E-state index contributed by atoms with van der Waals surface area (Å²) in [5.74, 6) is 0.956. The van der Waals surface area contributed by atoms with Gasteiger partial charge in [-0.15, -0.1) is 0 Å². The van der Waals surface area contributed by atoms with E-state index in [1.807, 2.05) is 0 Å². The van der Waals surface area contributed by atoms with Crippen molar-refractivity contribution in [3.05, 3.63) is 54.1 Å². The number of nitrogens with zero attached hydrogens (tertiary/aromatic N) is 3. The maximum Gasteiger partial charge on any atom is 0.261 e. The summed E-state index contributed by atoms with van der Waals surface area (Å²) in [5, 5.41) is 22.8. The molecule has 0 atom stereocenters. The summed E-state index contributed by atoms with van der Waals surface area (Å²) in [6.45, 7) is 0. The van der Waals surface area contributed by atoms with Gasteiger partial charge in [-0.1, -0.05) is 17.3 Å². The Balaban J connectivity index is 1.84. The van der Waals surface area contributed by atoms with Gasteiger partial charge in [-0.3, -0.25) is 4.98 Å². The van der Waals surface area contributed by atoms with Crippen LogP contribution >= 0.6 is 0 Å². The molecule has 1 aromatic carbocycles. The first-order valence-electron chi connectivity index (χ1n) is 5.96. The van der Waals surface area contributed by atoms with Crippen molar-refractivity contribution >= 4 is 0 Å². The average molecular weight is 269 g/mol. The molecule has 0 aliphatic heterocycles. The third-order valence-electron chi connectivity index (χ3n) is 2.80. The molecule has 2 heterocycles. The van der Waals surface area contributed by atoms with E-state index in [4.69, 9.17) is 4.52 Å². The molecule has 0 amide bonds. The van der Waals surface area contributed by atoms with E-state index in [0.717, 1.165) is 5.56 Å². The van der Waals surface area contributed by atoms with Gasteiger partial charge in [0.1, 0.15) is 11.5 Å². The second kappa shape index (κ2) is 5.00. The molecule has 0 bridgehead atoms. The van der Waals surface area contributed by atoms with Crippen LogP contribution in [0.5, 0.6) is 11.5 Å². The van der Waals surface area contributed by atoms with Crippen molar-refractivity contribution in [1.82, 2.24) is 15.1 Å². The van der Waals surface area contributed by atoms with E-state index in [0.29, 0.717) is 17.8 Å². The Morgan fingerprint density at radius 1 is 1.05 bits per heavy atom. The monoisotopic (exact) mass is 269 g/mol. The first kappa shape index (κ1) is 12.2. The Bertz CT molecular complexity index is 723. The topological polar surface area (TPSA) is 92.3 Å². The molecule has 0 unspecified atom stereocenters. The van der Waals surface area contributed by atoms with Gasteiger partial charge in [-0.2, -0.15) is 4.98 Å². The predicted octanol–water partition coefficient (Wildman–Crippen LogP) is 2.13. The lowest BCUT2D eigenvalue weighted by molar-refractivity contribution is 0.418. The number of hydrogen-bond acceptors (Lipinski definition) is 6. The minimum absolute atomic E-state index is 0.00710. The predicted molar refractivity (Wildman–Crippen MR) is 70.1 cm³/mol. The van der Waals surface area contributed by atoms with E-state index in [9.17, 15) is 10.2 Å². The highest BCUT2D eigenvalue weighted by Crippen LogP contribution is 2.26. The quantitative estimate of drug-likeness (QED) is 0.756.